The van der Waals surface area contributed by atoms with E-state index >= 15 is 0 Å². The Hall–Kier alpha value is -0.860. The molecule has 6 fully saturated rings. The fraction of sp³-hybridized carbons (Fsp3) is 0.950. The molecule has 6 aliphatic rings. The van der Waals surface area contributed by atoms with Crippen LogP contribution in [-0.2, 0) is 23.7 Å². The lowest BCUT2D eigenvalue weighted by atomic mass is 9.41. The number of fused-ring (bicyclic) bond motifs is 5. The van der Waals surface area contributed by atoms with E-state index in [1.807, 2.05) is 13.8 Å². The molecule has 55 heavy (non-hydrogen) atoms. The minimum atomic E-state index is -1.50. The molecule has 0 amide bonds. The molecule has 318 valence electrons. The van der Waals surface area contributed by atoms with E-state index in [2.05, 4.69) is 20.4 Å². The molecular formula is C40H68O15. The van der Waals surface area contributed by atoms with E-state index in [0.717, 1.165) is 18.4 Å². The maximum absolute atomic E-state index is 12.6. The predicted octanol–water partition coefficient (Wildman–Crippen LogP) is -0.424. The SMILES string of the molecule is C=C(CCC(C)[C@H]1C[C@@H](O)C2[C@]3(O)CC(O)C4[C@@H](O)[C@@H](O)CC[C@]4(C)C3CC[C@@]21C)C(C)COC1OC([C@H](O)CO)C(O)C1OC1OCC(OC)C(O)C1O. The summed E-state index contributed by atoms with van der Waals surface area (Å²) in [4.78, 5) is 0. The average Bonchev–Trinajstić information content (AvgIpc) is 3.60. The zero-order valence-electron chi connectivity index (χ0n) is 33.0. The van der Waals surface area contributed by atoms with Gasteiger partial charge in [0.1, 0.15) is 42.7 Å². The van der Waals surface area contributed by atoms with Gasteiger partial charge in [0, 0.05) is 31.3 Å². The van der Waals surface area contributed by atoms with Crippen LogP contribution in [0.25, 0.3) is 0 Å². The summed E-state index contributed by atoms with van der Waals surface area (Å²) in [5.74, 6) is -1.09. The van der Waals surface area contributed by atoms with E-state index in [4.69, 9.17) is 23.7 Å². The number of methoxy groups -OCH3 is 1. The number of ether oxygens (including phenoxy) is 5. The van der Waals surface area contributed by atoms with Crippen molar-refractivity contribution in [2.45, 2.75) is 164 Å². The van der Waals surface area contributed by atoms with Crippen molar-refractivity contribution in [1.29, 1.82) is 0 Å². The van der Waals surface area contributed by atoms with Crippen LogP contribution in [0, 0.1) is 46.3 Å². The molecule has 0 bridgehead atoms. The van der Waals surface area contributed by atoms with Crippen molar-refractivity contribution < 1.29 is 74.7 Å². The van der Waals surface area contributed by atoms with Gasteiger partial charge >= 0.3 is 0 Å². The smallest absolute Gasteiger partial charge is 0.187 e. The number of aliphatic hydroxyl groups is 10. The zero-order chi connectivity index (χ0) is 40.4. The van der Waals surface area contributed by atoms with Crippen LogP contribution in [0.4, 0.5) is 0 Å². The standard InChI is InChI=1S/C40H68O15/c1-18(20(3)16-52-37-34(32(49)33(54-37)25(45)15-41)55-36-31(48)30(47)26(51-6)17-53-36)7-8-19(2)21-13-23(43)35-38(21,4)12-10-27-39(5)11-9-22(42)29(46)28(39)24(44)14-40(27,35)50/h19-37,41-50H,1,7-17H2,2-6H3/t19?,20?,21-,22+,23-,24?,25-,26?,27?,28?,29+,30?,31?,32?,33?,34?,35?,36?,37?,38-,39-,40+/m1/s1. The lowest BCUT2D eigenvalue weighted by molar-refractivity contribution is -0.305. The average molecular weight is 789 g/mol. The molecule has 15 nitrogen and oxygen atoms in total. The highest BCUT2D eigenvalue weighted by atomic mass is 16.8. The highest BCUT2D eigenvalue weighted by Gasteiger charge is 2.71. The quantitative estimate of drug-likeness (QED) is 0.107. The van der Waals surface area contributed by atoms with E-state index in [1.165, 1.54) is 7.11 Å². The molecule has 6 rings (SSSR count). The third-order valence-electron chi connectivity index (χ3n) is 15.4. The molecule has 0 aromatic rings. The van der Waals surface area contributed by atoms with Crippen LogP contribution in [-0.4, -0.2) is 163 Å². The maximum atomic E-state index is 12.6. The Morgan fingerprint density at radius 3 is 2.25 bits per heavy atom. The van der Waals surface area contributed by atoms with E-state index in [1.54, 1.807) is 0 Å². The fourth-order valence-electron chi connectivity index (χ4n) is 12.3. The van der Waals surface area contributed by atoms with E-state index in [9.17, 15) is 51.1 Å². The summed E-state index contributed by atoms with van der Waals surface area (Å²) in [5, 5.41) is 109. The van der Waals surface area contributed by atoms with E-state index in [-0.39, 0.29) is 48.7 Å². The highest BCUT2D eigenvalue weighted by molar-refractivity contribution is 5.21. The lowest BCUT2D eigenvalue weighted by Crippen LogP contribution is -2.70. The molecular weight excluding hydrogens is 720 g/mol. The Kier molecular flexibility index (Phi) is 13.2. The second-order valence-corrected chi connectivity index (χ2v) is 18.6. The van der Waals surface area contributed by atoms with Crippen LogP contribution < -0.4 is 0 Å². The van der Waals surface area contributed by atoms with Gasteiger partial charge in [-0.2, -0.15) is 0 Å². The van der Waals surface area contributed by atoms with Crippen molar-refractivity contribution in [3.8, 4) is 0 Å². The molecule has 0 radical (unpaired) electrons. The van der Waals surface area contributed by atoms with Gasteiger partial charge in [-0.1, -0.05) is 39.8 Å². The molecule has 2 heterocycles. The topological polar surface area (TPSA) is 248 Å². The van der Waals surface area contributed by atoms with Crippen molar-refractivity contribution in [1.82, 2.24) is 0 Å². The normalized spacial score (nSPS) is 51.5. The van der Waals surface area contributed by atoms with Crippen LogP contribution >= 0.6 is 0 Å². The van der Waals surface area contributed by atoms with Gasteiger partial charge in [-0.3, -0.25) is 0 Å². The molecule has 10 N–H and O–H groups in total. The lowest BCUT2D eigenvalue weighted by Gasteiger charge is -2.66. The predicted molar refractivity (Wildman–Crippen MR) is 195 cm³/mol. The summed E-state index contributed by atoms with van der Waals surface area (Å²) in [6, 6.07) is 0. The minimum absolute atomic E-state index is 0.0618. The first-order valence-corrected chi connectivity index (χ1v) is 20.4. The van der Waals surface area contributed by atoms with Gasteiger partial charge in [-0.15, -0.1) is 0 Å². The number of hydrogen-bond donors (Lipinski definition) is 10. The van der Waals surface area contributed by atoms with Gasteiger partial charge in [-0.25, -0.2) is 0 Å². The zero-order valence-corrected chi connectivity index (χ0v) is 33.0. The number of aliphatic hydroxyl groups excluding tert-OH is 9. The van der Waals surface area contributed by atoms with Gasteiger partial charge in [0.15, 0.2) is 12.6 Å². The first kappa shape index (κ1) is 43.7. The Morgan fingerprint density at radius 2 is 1.58 bits per heavy atom. The Balaban J connectivity index is 1.06. The molecule has 4 saturated carbocycles. The minimum Gasteiger partial charge on any atom is -0.394 e. The van der Waals surface area contributed by atoms with Gasteiger partial charge < -0.3 is 74.7 Å². The summed E-state index contributed by atoms with van der Waals surface area (Å²) < 4.78 is 28.5. The largest absolute Gasteiger partial charge is 0.394 e. The van der Waals surface area contributed by atoms with Gasteiger partial charge in [0.05, 0.1) is 49.8 Å². The van der Waals surface area contributed by atoms with Gasteiger partial charge in [0.2, 0.25) is 0 Å². The molecule has 22 atom stereocenters. The van der Waals surface area contributed by atoms with Gasteiger partial charge in [0.25, 0.3) is 0 Å². The third-order valence-corrected chi connectivity index (χ3v) is 15.4. The summed E-state index contributed by atoms with van der Waals surface area (Å²) >= 11 is 0. The first-order valence-electron chi connectivity index (χ1n) is 20.4. The second-order valence-electron chi connectivity index (χ2n) is 18.6. The Labute approximate surface area is 324 Å². The van der Waals surface area contributed by atoms with Crippen molar-refractivity contribution in [3.63, 3.8) is 0 Å². The third kappa shape index (κ3) is 7.61. The van der Waals surface area contributed by atoms with E-state index in [0.29, 0.717) is 32.1 Å². The van der Waals surface area contributed by atoms with Crippen LogP contribution in [0.1, 0.15) is 79.1 Å². The van der Waals surface area contributed by atoms with Crippen molar-refractivity contribution in [2.24, 2.45) is 46.3 Å². The summed E-state index contributed by atoms with van der Waals surface area (Å²) in [5.41, 5.74) is -1.35. The van der Waals surface area contributed by atoms with Crippen LogP contribution in [0.2, 0.25) is 0 Å². The van der Waals surface area contributed by atoms with Crippen molar-refractivity contribution >= 4 is 0 Å². The maximum Gasteiger partial charge on any atom is 0.187 e. The molecule has 0 aromatic carbocycles. The van der Waals surface area contributed by atoms with Gasteiger partial charge in [-0.05, 0) is 73.5 Å². The summed E-state index contributed by atoms with van der Waals surface area (Å²) in [7, 11) is 1.38. The second kappa shape index (κ2) is 16.7. The van der Waals surface area contributed by atoms with Crippen LogP contribution in [0.5, 0.6) is 0 Å². The molecule has 14 unspecified atom stereocenters. The van der Waals surface area contributed by atoms with Crippen molar-refractivity contribution in [3.05, 3.63) is 12.2 Å². The van der Waals surface area contributed by atoms with Crippen LogP contribution in [0.15, 0.2) is 12.2 Å². The highest BCUT2D eigenvalue weighted by Crippen LogP contribution is 2.70. The monoisotopic (exact) mass is 788 g/mol. The molecule has 15 heteroatoms. The fourth-order valence-corrected chi connectivity index (χ4v) is 12.3. The van der Waals surface area contributed by atoms with Crippen LogP contribution in [0.3, 0.4) is 0 Å². The number of rotatable bonds is 13. The molecule has 0 spiro atoms. The van der Waals surface area contributed by atoms with E-state index < -0.39 is 109 Å². The molecule has 0 aromatic heterocycles. The molecule has 2 saturated heterocycles. The number of hydrogen-bond acceptors (Lipinski definition) is 15. The van der Waals surface area contributed by atoms with Crippen molar-refractivity contribution in [2.75, 3.05) is 26.9 Å². The molecule has 4 aliphatic carbocycles. The summed E-state index contributed by atoms with van der Waals surface area (Å²) in [6.45, 7) is 12.0. The summed E-state index contributed by atoms with van der Waals surface area (Å²) in [6.07, 6.45) is -10.7. The first-order chi connectivity index (χ1) is 25.8. The Bertz CT molecular complexity index is 1320. The molecule has 2 aliphatic heterocycles. The Morgan fingerprint density at radius 1 is 0.891 bits per heavy atom.